The van der Waals surface area contributed by atoms with Crippen molar-refractivity contribution in [2.75, 3.05) is 0 Å². The van der Waals surface area contributed by atoms with Crippen LogP contribution in [0.1, 0.15) is 20.7 Å². The van der Waals surface area contributed by atoms with Gasteiger partial charge in [0.1, 0.15) is 0 Å². The van der Waals surface area contributed by atoms with E-state index in [-0.39, 0.29) is 21.8 Å². The second kappa shape index (κ2) is 7.08. The SMILES string of the molecule is O=C(NNC(=O)c1cc(Cl)ccc1Cl)c1ccc([N+](=O)[O-])cc1. The third-order valence-electron chi connectivity index (χ3n) is 2.80. The molecule has 2 aromatic carbocycles. The van der Waals surface area contributed by atoms with E-state index in [0.29, 0.717) is 5.02 Å². The minimum absolute atomic E-state index is 0.100. The summed E-state index contributed by atoms with van der Waals surface area (Å²) in [6.45, 7) is 0. The van der Waals surface area contributed by atoms with E-state index >= 15 is 0 Å². The summed E-state index contributed by atoms with van der Waals surface area (Å²) in [6, 6.07) is 9.25. The van der Waals surface area contributed by atoms with Crippen LogP contribution >= 0.6 is 23.2 Å². The van der Waals surface area contributed by atoms with Crippen LogP contribution in [-0.2, 0) is 0 Å². The molecule has 0 radical (unpaired) electrons. The third kappa shape index (κ3) is 4.18. The van der Waals surface area contributed by atoms with E-state index in [0.717, 1.165) is 0 Å². The summed E-state index contributed by atoms with van der Waals surface area (Å²) in [5.41, 5.74) is 4.47. The second-order valence-corrected chi connectivity index (χ2v) is 5.18. The molecule has 0 saturated heterocycles. The van der Waals surface area contributed by atoms with Crippen molar-refractivity contribution in [2.45, 2.75) is 0 Å². The maximum atomic E-state index is 11.9. The first-order valence-electron chi connectivity index (χ1n) is 6.18. The van der Waals surface area contributed by atoms with Gasteiger partial charge in [0.25, 0.3) is 17.5 Å². The van der Waals surface area contributed by atoms with Crippen molar-refractivity contribution >= 4 is 40.7 Å². The Kier molecular flexibility index (Phi) is 5.15. The lowest BCUT2D eigenvalue weighted by Gasteiger charge is -2.08. The van der Waals surface area contributed by atoms with E-state index in [1.54, 1.807) is 0 Å². The van der Waals surface area contributed by atoms with Crippen molar-refractivity contribution in [3.63, 3.8) is 0 Å². The van der Waals surface area contributed by atoms with Gasteiger partial charge in [0.2, 0.25) is 0 Å². The van der Waals surface area contributed by atoms with Crippen molar-refractivity contribution in [3.8, 4) is 0 Å². The Balaban J connectivity index is 2.02. The average molecular weight is 354 g/mol. The van der Waals surface area contributed by atoms with Gasteiger partial charge in [-0.15, -0.1) is 0 Å². The molecule has 0 spiro atoms. The fourth-order valence-electron chi connectivity index (χ4n) is 1.66. The molecule has 0 saturated carbocycles. The van der Waals surface area contributed by atoms with E-state index in [4.69, 9.17) is 23.2 Å². The molecule has 0 aliphatic carbocycles. The Morgan fingerprint density at radius 2 is 1.57 bits per heavy atom. The Labute approximate surface area is 140 Å². The molecular formula is C14H9Cl2N3O4. The van der Waals surface area contributed by atoms with Crippen molar-refractivity contribution in [3.05, 3.63) is 73.8 Å². The van der Waals surface area contributed by atoms with Crippen LogP contribution in [0.5, 0.6) is 0 Å². The Bertz CT molecular complexity index is 778. The lowest BCUT2D eigenvalue weighted by molar-refractivity contribution is -0.384. The second-order valence-electron chi connectivity index (χ2n) is 4.34. The molecule has 0 aromatic heterocycles. The van der Waals surface area contributed by atoms with Crippen LogP contribution in [0.3, 0.4) is 0 Å². The van der Waals surface area contributed by atoms with Gasteiger partial charge in [-0.3, -0.25) is 30.6 Å². The number of benzene rings is 2. The number of hydrogen-bond donors (Lipinski definition) is 2. The summed E-state index contributed by atoms with van der Waals surface area (Å²) in [7, 11) is 0. The summed E-state index contributed by atoms with van der Waals surface area (Å²) in [4.78, 5) is 33.8. The van der Waals surface area contributed by atoms with E-state index in [9.17, 15) is 19.7 Å². The highest BCUT2D eigenvalue weighted by molar-refractivity contribution is 6.35. The maximum absolute atomic E-state index is 11.9. The number of carbonyl (C=O) groups is 2. The Morgan fingerprint density at radius 3 is 2.17 bits per heavy atom. The number of rotatable bonds is 3. The minimum atomic E-state index is -0.646. The number of hydrazine groups is 1. The number of nitrogens with zero attached hydrogens (tertiary/aromatic N) is 1. The van der Waals surface area contributed by atoms with Gasteiger partial charge in [-0.25, -0.2) is 0 Å². The summed E-state index contributed by atoms with van der Waals surface area (Å²) >= 11 is 11.7. The molecule has 2 rings (SSSR count). The zero-order valence-corrected chi connectivity index (χ0v) is 12.9. The van der Waals surface area contributed by atoms with E-state index in [2.05, 4.69) is 10.9 Å². The van der Waals surface area contributed by atoms with Crippen LogP contribution in [0.2, 0.25) is 10.0 Å². The van der Waals surface area contributed by atoms with Crippen molar-refractivity contribution in [2.24, 2.45) is 0 Å². The normalized spacial score (nSPS) is 10.0. The van der Waals surface area contributed by atoms with E-state index < -0.39 is 16.7 Å². The van der Waals surface area contributed by atoms with Crippen LogP contribution in [-0.4, -0.2) is 16.7 Å². The molecule has 0 atom stereocenters. The number of halogens is 2. The summed E-state index contributed by atoms with van der Waals surface area (Å²) in [5, 5.41) is 11.0. The first kappa shape index (κ1) is 16.7. The van der Waals surface area contributed by atoms with E-state index in [1.807, 2.05) is 0 Å². The van der Waals surface area contributed by atoms with Crippen molar-refractivity contribution in [1.82, 2.24) is 10.9 Å². The van der Waals surface area contributed by atoms with Crippen molar-refractivity contribution in [1.29, 1.82) is 0 Å². The molecule has 0 bridgehead atoms. The van der Waals surface area contributed by atoms with E-state index in [1.165, 1.54) is 42.5 Å². The first-order valence-corrected chi connectivity index (χ1v) is 6.94. The summed E-state index contributed by atoms with van der Waals surface area (Å²) in [6.07, 6.45) is 0. The lowest BCUT2D eigenvalue weighted by Crippen LogP contribution is -2.41. The van der Waals surface area contributed by atoms with Crippen LogP contribution in [0.15, 0.2) is 42.5 Å². The Hall–Kier alpha value is -2.64. The number of non-ortho nitro benzene ring substituents is 1. The van der Waals surface area contributed by atoms with Crippen LogP contribution in [0.25, 0.3) is 0 Å². The molecule has 0 heterocycles. The molecule has 0 aliphatic heterocycles. The molecule has 7 nitrogen and oxygen atoms in total. The van der Waals surface area contributed by atoms with Gasteiger partial charge >= 0.3 is 0 Å². The van der Waals surface area contributed by atoms with Crippen LogP contribution in [0, 0.1) is 10.1 Å². The highest BCUT2D eigenvalue weighted by Gasteiger charge is 2.13. The minimum Gasteiger partial charge on any atom is -0.267 e. The molecule has 23 heavy (non-hydrogen) atoms. The average Bonchev–Trinajstić information content (AvgIpc) is 2.54. The first-order chi connectivity index (χ1) is 10.9. The van der Waals surface area contributed by atoms with Gasteiger partial charge in [-0.1, -0.05) is 23.2 Å². The molecule has 9 heteroatoms. The topological polar surface area (TPSA) is 101 Å². The number of amides is 2. The van der Waals surface area contributed by atoms with Crippen molar-refractivity contribution < 1.29 is 14.5 Å². The molecule has 2 N–H and O–H groups in total. The maximum Gasteiger partial charge on any atom is 0.271 e. The Morgan fingerprint density at radius 1 is 0.957 bits per heavy atom. The van der Waals surface area contributed by atoms with Crippen LogP contribution < -0.4 is 10.9 Å². The molecular weight excluding hydrogens is 345 g/mol. The van der Waals surface area contributed by atoms with Crippen LogP contribution in [0.4, 0.5) is 5.69 Å². The lowest BCUT2D eigenvalue weighted by atomic mass is 10.2. The number of carbonyl (C=O) groups excluding carboxylic acids is 2. The number of nitro benzene ring substituents is 1. The van der Waals surface area contributed by atoms with Gasteiger partial charge in [0, 0.05) is 22.7 Å². The highest BCUT2D eigenvalue weighted by Crippen LogP contribution is 2.20. The van der Waals surface area contributed by atoms with Gasteiger partial charge in [-0.2, -0.15) is 0 Å². The predicted molar refractivity (Wildman–Crippen MR) is 84.5 cm³/mol. The molecule has 2 aromatic rings. The summed E-state index contributed by atoms with van der Waals surface area (Å²) in [5.74, 6) is -1.28. The molecule has 2 amide bonds. The monoisotopic (exact) mass is 353 g/mol. The highest BCUT2D eigenvalue weighted by atomic mass is 35.5. The predicted octanol–water partition coefficient (Wildman–Crippen LogP) is 2.98. The zero-order chi connectivity index (χ0) is 17.0. The summed E-state index contributed by atoms with van der Waals surface area (Å²) < 4.78 is 0. The fourth-order valence-corrected chi connectivity index (χ4v) is 2.03. The van der Waals surface area contributed by atoms with Gasteiger partial charge in [-0.05, 0) is 30.3 Å². The molecule has 118 valence electrons. The molecule has 0 unspecified atom stereocenters. The number of nitrogens with one attached hydrogen (secondary N) is 2. The smallest absolute Gasteiger partial charge is 0.267 e. The largest absolute Gasteiger partial charge is 0.271 e. The number of hydrogen-bond acceptors (Lipinski definition) is 4. The van der Waals surface area contributed by atoms with Gasteiger partial charge in [0.15, 0.2) is 0 Å². The quantitative estimate of drug-likeness (QED) is 0.654. The standard InChI is InChI=1S/C14H9Cl2N3O4/c15-9-3-6-12(16)11(7-9)14(21)18-17-13(20)8-1-4-10(5-2-8)19(22)23/h1-7H,(H,17,20)(H,18,21). The third-order valence-corrected chi connectivity index (χ3v) is 3.37. The molecule has 0 aliphatic rings. The fraction of sp³-hybridized carbons (Fsp3) is 0. The zero-order valence-electron chi connectivity index (χ0n) is 11.4. The van der Waals surface area contributed by atoms with Gasteiger partial charge in [0.05, 0.1) is 15.5 Å². The molecule has 0 fully saturated rings. The van der Waals surface area contributed by atoms with Gasteiger partial charge < -0.3 is 0 Å². The number of nitro groups is 1.